The van der Waals surface area contributed by atoms with E-state index in [9.17, 15) is 0 Å². The van der Waals surface area contributed by atoms with Gasteiger partial charge in [0, 0.05) is 31.0 Å². The highest BCUT2D eigenvalue weighted by Crippen LogP contribution is 2.22. The number of aromatic amines is 1. The Morgan fingerprint density at radius 1 is 1.62 bits per heavy atom. The lowest BCUT2D eigenvalue weighted by Crippen LogP contribution is -2.28. The molecule has 1 aromatic heterocycles. The second kappa shape index (κ2) is 5.46. The van der Waals surface area contributed by atoms with Crippen molar-refractivity contribution < 1.29 is 4.74 Å². The molecular formula is C12H21N3O. The van der Waals surface area contributed by atoms with Gasteiger partial charge in [-0.2, -0.15) is 5.10 Å². The lowest BCUT2D eigenvalue weighted by Gasteiger charge is -2.17. The van der Waals surface area contributed by atoms with E-state index in [1.807, 2.05) is 6.20 Å². The predicted molar refractivity (Wildman–Crippen MR) is 63.2 cm³/mol. The SMILES string of the molecule is CCC1OCCC1CNCc1cn[nH]c1C. The topological polar surface area (TPSA) is 49.9 Å². The van der Waals surface area contributed by atoms with Gasteiger partial charge in [0.1, 0.15) is 0 Å². The Morgan fingerprint density at radius 3 is 3.19 bits per heavy atom. The van der Waals surface area contributed by atoms with Gasteiger partial charge in [-0.25, -0.2) is 0 Å². The first kappa shape index (κ1) is 11.6. The van der Waals surface area contributed by atoms with E-state index in [4.69, 9.17) is 4.74 Å². The van der Waals surface area contributed by atoms with E-state index in [2.05, 4.69) is 29.4 Å². The highest BCUT2D eigenvalue weighted by Gasteiger charge is 2.25. The minimum absolute atomic E-state index is 0.456. The van der Waals surface area contributed by atoms with E-state index in [1.54, 1.807) is 0 Å². The fourth-order valence-electron chi connectivity index (χ4n) is 2.32. The van der Waals surface area contributed by atoms with Crippen LogP contribution >= 0.6 is 0 Å². The number of aryl methyl sites for hydroxylation is 1. The third-order valence-electron chi connectivity index (χ3n) is 3.41. The summed E-state index contributed by atoms with van der Waals surface area (Å²) in [6.45, 7) is 7.12. The molecule has 0 saturated carbocycles. The molecule has 1 aromatic rings. The third kappa shape index (κ3) is 2.62. The molecule has 0 aliphatic carbocycles. The van der Waals surface area contributed by atoms with Gasteiger partial charge in [-0.3, -0.25) is 5.10 Å². The van der Waals surface area contributed by atoms with Crippen molar-refractivity contribution in [2.24, 2.45) is 5.92 Å². The molecule has 16 heavy (non-hydrogen) atoms. The fraction of sp³-hybridized carbons (Fsp3) is 0.750. The Bertz CT molecular complexity index is 324. The molecule has 0 bridgehead atoms. The van der Waals surface area contributed by atoms with Crippen molar-refractivity contribution in [3.63, 3.8) is 0 Å². The van der Waals surface area contributed by atoms with E-state index < -0.39 is 0 Å². The molecule has 1 aliphatic rings. The maximum Gasteiger partial charge on any atom is 0.0613 e. The monoisotopic (exact) mass is 223 g/mol. The quantitative estimate of drug-likeness (QED) is 0.797. The molecule has 0 spiro atoms. The first-order chi connectivity index (χ1) is 7.81. The van der Waals surface area contributed by atoms with Crippen LogP contribution in [0.15, 0.2) is 6.20 Å². The summed E-state index contributed by atoms with van der Waals surface area (Å²) < 4.78 is 5.67. The van der Waals surface area contributed by atoms with Gasteiger partial charge in [0.05, 0.1) is 12.3 Å². The second-order valence-corrected chi connectivity index (χ2v) is 4.52. The molecule has 2 heterocycles. The molecule has 0 aromatic carbocycles. The summed E-state index contributed by atoms with van der Waals surface area (Å²) >= 11 is 0. The van der Waals surface area contributed by atoms with E-state index in [0.29, 0.717) is 12.0 Å². The third-order valence-corrected chi connectivity index (χ3v) is 3.41. The average molecular weight is 223 g/mol. The van der Waals surface area contributed by atoms with E-state index >= 15 is 0 Å². The molecule has 4 nitrogen and oxygen atoms in total. The molecule has 1 saturated heterocycles. The van der Waals surface area contributed by atoms with Gasteiger partial charge in [-0.05, 0) is 25.7 Å². The van der Waals surface area contributed by atoms with Gasteiger partial charge < -0.3 is 10.1 Å². The number of hydrogen-bond acceptors (Lipinski definition) is 3. The zero-order valence-corrected chi connectivity index (χ0v) is 10.1. The number of ether oxygens (including phenoxy) is 1. The van der Waals surface area contributed by atoms with Gasteiger partial charge in [0.2, 0.25) is 0 Å². The molecule has 90 valence electrons. The molecule has 1 aliphatic heterocycles. The molecule has 2 unspecified atom stereocenters. The standard InChI is InChI=1S/C12H21N3O/c1-3-12-10(4-5-16-12)6-13-7-11-8-14-15-9(11)2/h8,10,12-13H,3-7H2,1-2H3,(H,14,15). The summed E-state index contributed by atoms with van der Waals surface area (Å²) in [7, 11) is 0. The molecule has 2 atom stereocenters. The summed E-state index contributed by atoms with van der Waals surface area (Å²) in [5.41, 5.74) is 2.41. The van der Waals surface area contributed by atoms with Crippen LogP contribution in [0.4, 0.5) is 0 Å². The number of hydrogen-bond donors (Lipinski definition) is 2. The van der Waals surface area contributed by atoms with Gasteiger partial charge >= 0.3 is 0 Å². The number of aromatic nitrogens is 2. The van der Waals surface area contributed by atoms with Crippen LogP contribution in [0.3, 0.4) is 0 Å². The van der Waals surface area contributed by atoms with Crippen LogP contribution in [0.1, 0.15) is 31.0 Å². The van der Waals surface area contributed by atoms with Crippen LogP contribution < -0.4 is 5.32 Å². The van der Waals surface area contributed by atoms with Crippen LogP contribution in [-0.2, 0) is 11.3 Å². The molecular weight excluding hydrogens is 202 g/mol. The Balaban J connectivity index is 1.74. The zero-order valence-electron chi connectivity index (χ0n) is 10.1. The van der Waals surface area contributed by atoms with Crippen molar-refractivity contribution >= 4 is 0 Å². The van der Waals surface area contributed by atoms with Crippen molar-refractivity contribution in [2.75, 3.05) is 13.2 Å². The molecule has 0 radical (unpaired) electrons. The number of nitrogens with one attached hydrogen (secondary N) is 2. The van der Waals surface area contributed by atoms with Gasteiger partial charge in [0.15, 0.2) is 0 Å². The lowest BCUT2D eigenvalue weighted by atomic mass is 9.99. The van der Waals surface area contributed by atoms with E-state index in [0.717, 1.165) is 31.8 Å². The Kier molecular flexibility index (Phi) is 3.96. The second-order valence-electron chi connectivity index (χ2n) is 4.52. The van der Waals surface area contributed by atoms with Crippen molar-refractivity contribution in [1.82, 2.24) is 15.5 Å². The highest BCUT2D eigenvalue weighted by molar-refractivity contribution is 5.13. The van der Waals surface area contributed by atoms with Crippen LogP contribution in [0.25, 0.3) is 0 Å². The van der Waals surface area contributed by atoms with E-state index in [-0.39, 0.29) is 0 Å². The number of nitrogens with zero attached hydrogens (tertiary/aromatic N) is 1. The fourth-order valence-corrected chi connectivity index (χ4v) is 2.32. The molecule has 0 amide bonds. The van der Waals surface area contributed by atoms with Crippen molar-refractivity contribution in [3.8, 4) is 0 Å². The first-order valence-electron chi connectivity index (χ1n) is 6.12. The van der Waals surface area contributed by atoms with Crippen molar-refractivity contribution in [1.29, 1.82) is 0 Å². The van der Waals surface area contributed by atoms with Gasteiger partial charge in [-0.15, -0.1) is 0 Å². The summed E-state index contributed by atoms with van der Waals surface area (Å²) in [4.78, 5) is 0. The minimum Gasteiger partial charge on any atom is -0.378 e. The highest BCUT2D eigenvalue weighted by atomic mass is 16.5. The number of H-pyrrole nitrogens is 1. The summed E-state index contributed by atoms with van der Waals surface area (Å²) in [6.07, 6.45) is 4.66. The van der Waals surface area contributed by atoms with Crippen molar-refractivity contribution in [2.45, 2.75) is 39.3 Å². The van der Waals surface area contributed by atoms with Crippen LogP contribution in [0.5, 0.6) is 0 Å². The van der Waals surface area contributed by atoms with Crippen LogP contribution in [-0.4, -0.2) is 29.5 Å². The van der Waals surface area contributed by atoms with Crippen molar-refractivity contribution in [3.05, 3.63) is 17.5 Å². The zero-order chi connectivity index (χ0) is 11.4. The maximum atomic E-state index is 5.67. The summed E-state index contributed by atoms with van der Waals surface area (Å²) in [6, 6.07) is 0. The molecule has 2 rings (SSSR count). The molecule has 2 N–H and O–H groups in total. The summed E-state index contributed by atoms with van der Waals surface area (Å²) in [5, 5.41) is 10.5. The lowest BCUT2D eigenvalue weighted by molar-refractivity contribution is 0.0872. The Hall–Kier alpha value is -0.870. The first-order valence-corrected chi connectivity index (χ1v) is 6.12. The Labute approximate surface area is 96.8 Å². The van der Waals surface area contributed by atoms with Gasteiger partial charge in [-0.1, -0.05) is 6.92 Å². The normalized spacial score (nSPS) is 25.1. The van der Waals surface area contributed by atoms with Crippen LogP contribution in [0.2, 0.25) is 0 Å². The molecule has 1 fully saturated rings. The average Bonchev–Trinajstić information content (AvgIpc) is 2.88. The number of rotatable bonds is 5. The molecule has 4 heteroatoms. The van der Waals surface area contributed by atoms with Crippen LogP contribution in [0, 0.1) is 12.8 Å². The maximum absolute atomic E-state index is 5.67. The Morgan fingerprint density at radius 2 is 2.50 bits per heavy atom. The minimum atomic E-state index is 0.456. The summed E-state index contributed by atoms with van der Waals surface area (Å²) in [5.74, 6) is 0.678. The smallest absolute Gasteiger partial charge is 0.0613 e. The largest absolute Gasteiger partial charge is 0.378 e. The van der Waals surface area contributed by atoms with Gasteiger partial charge in [0.25, 0.3) is 0 Å². The van der Waals surface area contributed by atoms with E-state index in [1.165, 1.54) is 12.0 Å². The predicted octanol–water partition coefficient (Wildman–Crippen LogP) is 1.62.